The number of alkyl halides is 2. The molecule has 2 N–H and O–H groups in total. The fourth-order valence-electron chi connectivity index (χ4n) is 5.24. The van der Waals surface area contributed by atoms with Gasteiger partial charge in [0.25, 0.3) is 5.92 Å². The highest BCUT2D eigenvalue weighted by Gasteiger charge is 2.44. The van der Waals surface area contributed by atoms with Crippen LogP contribution in [0.5, 0.6) is 0 Å². The van der Waals surface area contributed by atoms with E-state index in [1.807, 2.05) is 25.1 Å². The molecule has 1 aromatic carbocycles. The second-order valence-corrected chi connectivity index (χ2v) is 10.3. The van der Waals surface area contributed by atoms with Gasteiger partial charge in [0.15, 0.2) is 5.82 Å². The highest BCUT2D eigenvalue weighted by Crippen LogP contribution is 2.54. The van der Waals surface area contributed by atoms with Crippen molar-refractivity contribution >= 4 is 17.3 Å². The highest BCUT2D eigenvalue weighted by atomic mass is 19.3. The fourth-order valence-corrected chi connectivity index (χ4v) is 5.24. The van der Waals surface area contributed by atoms with Gasteiger partial charge in [-0.1, -0.05) is 0 Å². The smallest absolute Gasteiger partial charge is 0.251 e. The molecule has 0 radical (unpaired) electrons. The number of nitrogens with two attached hydrogens (primary N) is 1. The molecule has 1 saturated carbocycles. The average molecular weight is 481 g/mol. The lowest BCUT2D eigenvalue weighted by molar-refractivity contribution is -0.0222. The standard InChI is InChI=1S/C25H30F2N8/c1-17-14-22(31-23(30-17)34-12-8-25(26,27)9-13-34)35-29-16-20(32-35)19-3-2-18(28)15-21(19)33-10-6-24(4-5-24)7-11-33/h2-3,14-16H,4-13,28H2,1H3. The number of benzene rings is 1. The molecule has 1 aliphatic carbocycles. The molecule has 2 aromatic heterocycles. The second kappa shape index (κ2) is 8.13. The molecule has 0 amide bonds. The minimum absolute atomic E-state index is 0.193. The molecule has 10 heteroatoms. The lowest BCUT2D eigenvalue weighted by Gasteiger charge is -2.35. The van der Waals surface area contributed by atoms with E-state index in [0.717, 1.165) is 41.4 Å². The van der Waals surface area contributed by atoms with E-state index in [1.165, 1.54) is 30.5 Å². The van der Waals surface area contributed by atoms with Gasteiger partial charge in [0.2, 0.25) is 5.95 Å². The third-order valence-electron chi connectivity index (χ3n) is 7.72. The SMILES string of the molecule is Cc1cc(-n2ncc(-c3ccc(N)cc3N3CCC4(CC3)CC4)n2)nc(N2CCC(F)(F)CC2)n1. The Kier molecular flexibility index (Phi) is 5.16. The van der Waals surface area contributed by atoms with E-state index in [0.29, 0.717) is 17.2 Å². The first-order valence-electron chi connectivity index (χ1n) is 12.4. The summed E-state index contributed by atoms with van der Waals surface area (Å²) in [5.41, 5.74) is 11.0. The van der Waals surface area contributed by atoms with Crippen molar-refractivity contribution in [1.82, 2.24) is 25.0 Å². The quantitative estimate of drug-likeness (QED) is 0.559. The summed E-state index contributed by atoms with van der Waals surface area (Å²) in [6.07, 6.45) is 6.51. The molecule has 2 saturated heterocycles. The molecule has 4 heterocycles. The van der Waals surface area contributed by atoms with E-state index in [4.69, 9.17) is 10.8 Å². The van der Waals surface area contributed by atoms with Crippen LogP contribution in [-0.4, -0.2) is 57.1 Å². The first-order chi connectivity index (χ1) is 16.8. The van der Waals surface area contributed by atoms with Gasteiger partial charge in [-0.25, -0.2) is 13.8 Å². The highest BCUT2D eigenvalue weighted by molar-refractivity contribution is 5.79. The number of aromatic nitrogens is 5. The minimum Gasteiger partial charge on any atom is -0.399 e. The summed E-state index contributed by atoms with van der Waals surface area (Å²) in [5.74, 6) is -1.67. The molecule has 0 atom stereocenters. The van der Waals surface area contributed by atoms with Crippen molar-refractivity contribution in [3.63, 3.8) is 0 Å². The Labute approximate surface area is 203 Å². The third kappa shape index (κ3) is 4.41. The van der Waals surface area contributed by atoms with Crippen LogP contribution in [0.15, 0.2) is 30.5 Å². The van der Waals surface area contributed by atoms with Gasteiger partial charge < -0.3 is 15.5 Å². The lowest BCUT2D eigenvalue weighted by Crippen LogP contribution is -2.40. The van der Waals surface area contributed by atoms with Crippen LogP contribution in [0.2, 0.25) is 0 Å². The van der Waals surface area contributed by atoms with Crippen LogP contribution in [-0.2, 0) is 0 Å². The van der Waals surface area contributed by atoms with Crippen LogP contribution >= 0.6 is 0 Å². The number of hydrogen-bond acceptors (Lipinski definition) is 7. The van der Waals surface area contributed by atoms with Gasteiger partial charge in [0, 0.05) is 67.7 Å². The number of halogens is 2. The van der Waals surface area contributed by atoms with E-state index in [-0.39, 0.29) is 25.9 Å². The Morgan fingerprint density at radius 1 is 0.886 bits per heavy atom. The van der Waals surface area contributed by atoms with Gasteiger partial charge in [-0.2, -0.15) is 10.1 Å². The summed E-state index contributed by atoms with van der Waals surface area (Å²) in [5, 5.41) is 9.22. The lowest BCUT2D eigenvalue weighted by atomic mass is 9.93. The molecular weight excluding hydrogens is 450 g/mol. The van der Waals surface area contributed by atoms with Gasteiger partial charge in [-0.3, -0.25) is 0 Å². The summed E-state index contributed by atoms with van der Waals surface area (Å²) in [6, 6.07) is 7.72. The van der Waals surface area contributed by atoms with Crippen molar-refractivity contribution in [3.8, 4) is 17.1 Å². The first-order valence-corrected chi connectivity index (χ1v) is 12.4. The van der Waals surface area contributed by atoms with Gasteiger partial charge in [0.05, 0.1) is 6.20 Å². The van der Waals surface area contributed by atoms with Gasteiger partial charge >= 0.3 is 0 Å². The predicted molar refractivity (Wildman–Crippen MR) is 131 cm³/mol. The predicted octanol–water partition coefficient (Wildman–Crippen LogP) is 4.23. The van der Waals surface area contributed by atoms with Crippen LogP contribution in [0.25, 0.3) is 17.1 Å². The molecule has 1 spiro atoms. The van der Waals surface area contributed by atoms with Crippen molar-refractivity contribution in [3.05, 3.63) is 36.2 Å². The van der Waals surface area contributed by atoms with E-state index in [1.54, 1.807) is 17.2 Å². The summed E-state index contributed by atoms with van der Waals surface area (Å²) in [4.78, 5) is 14.8. The number of hydrogen-bond donors (Lipinski definition) is 1. The fraction of sp³-hybridized carbons (Fsp3) is 0.520. The Hall–Kier alpha value is -3.30. The maximum atomic E-state index is 13.6. The molecule has 0 bridgehead atoms. The Balaban J connectivity index is 1.28. The van der Waals surface area contributed by atoms with Crippen molar-refractivity contribution in [1.29, 1.82) is 0 Å². The van der Waals surface area contributed by atoms with Crippen molar-refractivity contribution in [2.45, 2.75) is 51.4 Å². The van der Waals surface area contributed by atoms with Crippen LogP contribution in [0.4, 0.5) is 26.1 Å². The number of rotatable bonds is 4. The number of aryl methyl sites for hydroxylation is 1. The van der Waals surface area contributed by atoms with E-state index < -0.39 is 5.92 Å². The Bertz CT molecular complexity index is 1230. The van der Waals surface area contributed by atoms with Crippen LogP contribution in [0, 0.1) is 12.3 Å². The molecule has 8 nitrogen and oxygen atoms in total. The van der Waals surface area contributed by atoms with Crippen LogP contribution < -0.4 is 15.5 Å². The number of anilines is 3. The number of piperidine rings is 2. The van der Waals surface area contributed by atoms with Gasteiger partial charge in [-0.15, -0.1) is 9.90 Å². The van der Waals surface area contributed by atoms with Gasteiger partial charge in [0.1, 0.15) is 5.69 Å². The Morgan fingerprint density at radius 3 is 2.31 bits per heavy atom. The normalized spacial score (nSPS) is 20.9. The molecule has 3 aliphatic rings. The van der Waals surface area contributed by atoms with Crippen LogP contribution in [0.1, 0.15) is 44.2 Å². The molecular formula is C25H30F2N8. The summed E-state index contributed by atoms with van der Waals surface area (Å²) in [7, 11) is 0. The van der Waals surface area contributed by atoms with Crippen molar-refractivity contribution < 1.29 is 8.78 Å². The molecule has 3 aromatic rings. The zero-order valence-electron chi connectivity index (χ0n) is 19.9. The molecule has 0 unspecified atom stereocenters. The summed E-state index contributed by atoms with van der Waals surface area (Å²) in [6.45, 7) is 4.35. The number of nitrogen functional groups attached to an aromatic ring is 1. The molecule has 35 heavy (non-hydrogen) atoms. The molecule has 2 aliphatic heterocycles. The summed E-state index contributed by atoms with van der Waals surface area (Å²) < 4.78 is 27.2. The van der Waals surface area contributed by atoms with Gasteiger partial charge in [-0.05, 0) is 56.2 Å². The zero-order valence-corrected chi connectivity index (χ0v) is 19.9. The van der Waals surface area contributed by atoms with E-state index >= 15 is 0 Å². The maximum absolute atomic E-state index is 13.6. The summed E-state index contributed by atoms with van der Waals surface area (Å²) >= 11 is 0. The zero-order chi connectivity index (χ0) is 24.2. The first kappa shape index (κ1) is 22.2. The molecule has 184 valence electrons. The topological polar surface area (TPSA) is 89.0 Å². The average Bonchev–Trinajstić information content (AvgIpc) is 3.39. The largest absolute Gasteiger partial charge is 0.399 e. The number of nitrogens with zero attached hydrogens (tertiary/aromatic N) is 7. The minimum atomic E-state index is -2.62. The van der Waals surface area contributed by atoms with Crippen molar-refractivity contribution in [2.75, 3.05) is 41.7 Å². The van der Waals surface area contributed by atoms with Crippen molar-refractivity contribution in [2.24, 2.45) is 5.41 Å². The molecule has 3 fully saturated rings. The Morgan fingerprint density at radius 2 is 1.60 bits per heavy atom. The third-order valence-corrected chi connectivity index (χ3v) is 7.72. The second-order valence-electron chi connectivity index (χ2n) is 10.3. The van der Waals surface area contributed by atoms with E-state index in [2.05, 4.69) is 20.0 Å². The van der Waals surface area contributed by atoms with Crippen LogP contribution in [0.3, 0.4) is 0 Å². The molecule has 6 rings (SSSR count). The van der Waals surface area contributed by atoms with E-state index in [9.17, 15) is 8.78 Å². The maximum Gasteiger partial charge on any atom is 0.251 e. The monoisotopic (exact) mass is 480 g/mol.